The number of likely N-dealkylation sites (N-methyl/N-ethyl adjacent to an activating group) is 1. The maximum atomic E-state index is 12.5. The van der Waals surface area contributed by atoms with Crippen molar-refractivity contribution in [3.8, 4) is 5.75 Å². The van der Waals surface area contributed by atoms with Crippen molar-refractivity contribution in [2.45, 2.75) is 26.1 Å². The summed E-state index contributed by atoms with van der Waals surface area (Å²) >= 11 is 6.28. The third-order valence-electron chi connectivity index (χ3n) is 5.05. The summed E-state index contributed by atoms with van der Waals surface area (Å²) in [4.78, 5) is 34.3. The number of allylic oxidation sites excluding steroid dienone is 2. The summed E-state index contributed by atoms with van der Waals surface area (Å²) in [5.74, 6) is 0.836. The van der Waals surface area contributed by atoms with E-state index in [2.05, 4.69) is 10.3 Å². The molecule has 0 spiro atoms. The standard InChI is InChI=1S/C17H18ClN5O3/c1-8-9(2)23-13-14(21(3)17(25)20-15(13)24)19-16(23)22(8)10-5-6-12(26-4)11(18)7-10/h5-7,13-14H,1-4H3,(H,20,24,25). The van der Waals surface area contributed by atoms with Gasteiger partial charge in [-0.25, -0.2) is 9.79 Å². The van der Waals surface area contributed by atoms with Crippen LogP contribution in [-0.2, 0) is 4.79 Å². The van der Waals surface area contributed by atoms with Crippen molar-refractivity contribution >= 4 is 35.2 Å². The van der Waals surface area contributed by atoms with Crippen molar-refractivity contribution in [3.63, 3.8) is 0 Å². The molecule has 136 valence electrons. The topological polar surface area (TPSA) is 77.5 Å². The van der Waals surface area contributed by atoms with Gasteiger partial charge in [-0.2, -0.15) is 0 Å². The van der Waals surface area contributed by atoms with Crippen LogP contribution in [0, 0.1) is 0 Å². The highest BCUT2D eigenvalue weighted by molar-refractivity contribution is 6.32. The second-order valence-corrected chi connectivity index (χ2v) is 6.80. The normalized spacial score (nSPS) is 24.7. The number of hydrogen-bond acceptors (Lipinski definition) is 6. The third kappa shape index (κ3) is 2.11. The number of hydrogen-bond donors (Lipinski definition) is 1. The summed E-state index contributed by atoms with van der Waals surface area (Å²) in [5.41, 5.74) is 2.65. The Morgan fingerprint density at radius 1 is 1.23 bits per heavy atom. The number of urea groups is 1. The van der Waals surface area contributed by atoms with Crippen LogP contribution in [0.3, 0.4) is 0 Å². The van der Waals surface area contributed by atoms with Crippen molar-refractivity contribution in [1.82, 2.24) is 15.1 Å². The molecule has 0 bridgehead atoms. The van der Waals surface area contributed by atoms with E-state index in [0.717, 1.165) is 17.1 Å². The van der Waals surface area contributed by atoms with Gasteiger partial charge in [-0.3, -0.25) is 19.9 Å². The van der Waals surface area contributed by atoms with Crippen molar-refractivity contribution in [1.29, 1.82) is 0 Å². The highest BCUT2D eigenvalue weighted by atomic mass is 35.5. The summed E-state index contributed by atoms with van der Waals surface area (Å²) in [5, 5.41) is 2.86. The van der Waals surface area contributed by atoms with Crippen LogP contribution in [-0.4, -0.2) is 54.1 Å². The van der Waals surface area contributed by atoms with Crippen LogP contribution >= 0.6 is 11.6 Å². The van der Waals surface area contributed by atoms with Gasteiger partial charge in [-0.15, -0.1) is 0 Å². The molecule has 3 amide bonds. The Morgan fingerprint density at radius 3 is 2.62 bits per heavy atom. The fourth-order valence-corrected chi connectivity index (χ4v) is 3.81. The zero-order chi connectivity index (χ0) is 18.7. The number of imide groups is 1. The quantitative estimate of drug-likeness (QED) is 0.855. The van der Waals surface area contributed by atoms with Crippen molar-refractivity contribution in [2.75, 3.05) is 19.1 Å². The first kappa shape index (κ1) is 16.7. The van der Waals surface area contributed by atoms with Crippen LogP contribution in [0.25, 0.3) is 0 Å². The molecular weight excluding hydrogens is 358 g/mol. The van der Waals surface area contributed by atoms with Gasteiger partial charge in [0.1, 0.15) is 5.75 Å². The minimum absolute atomic E-state index is 0.349. The maximum absolute atomic E-state index is 12.5. The predicted molar refractivity (Wildman–Crippen MR) is 97.0 cm³/mol. The lowest BCUT2D eigenvalue weighted by Gasteiger charge is -2.35. The van der Waals surface area contributed by atoms with E-state index < -0.39 is 18.2 Å². The number of guanidine groups is 1. The lowest BCUT2D eigenvalue weighted by molar-refractivity contribution is -0.126. The number of nitrogens with zero attached hydrogens (tertiary/aromatic N) is 4. The first-order valence-electron chi connectivity index (χ1n) is 8.11. The van der Waals surface area contributed by atoms with E-state index in [1.54, 1.807) is 26.3 Å². The molecule has 1 N–H and O–H groups in total. The monoisotopic (exact) mass is 375 g/mol. The Kier molecular flexibility index (Phi) is 3.62. The van der Waals surface area contributed by atoms with Crippen molar-refractivity contribution in [2.24, 2.45) is 4.99 Å². The highest BCUT2D eigenvalue weighted by Gasteiger charge is 2.53. The Balaban J connectivity index is 1.80. The molecular formula is C17H18ClN5O3. The fraction of sp³-hybridized carbons (Fsp3) is 0.353. The summed E-state index contributed by atoms with van der Waals surface area (Å²) in [6.07, 6.45) is -0.564. The molecule has 3 heterocycles. The summed E-state index contributed by atoms with van der Waals surface area (Å²) < 4.78 is 5.21. The van der Waals surface area contributed by atoms with E-state index in [1.165, 1.54) is 4.90 Å². The number of anilines is 1. The van der Waals surface area contributed by atoms with E-state index in [0.29, 0.717) is 16.7 Å². The Hall–Kier alpha value is -2.74. The van der Waals surface area contributed by atoms with Crippen LogP contribution in [0.5, 0.6) is 5.75 Å². The van der Waals surface area contributed by atoms with E-state index >= 15 is 0 Å². The van der Waals surface area contributed by atoms with Crippen LogP contribution in [0.1, 0.15) is 13.8 Å². The molecule has 1 saturated heterocycles. The predicted octanol–water partition coefficient (Wildman–Crippen LogP) is 1.97. The molecule has 4 rings (SSSR count). The van der Waals surface area contributed by atoms with Gasteiger partial charge in [0.15, 0.2) is 12.2 Å². The third-order valence-corrected chi connectivity index (χ3v) is 5.35. The first-order chi connectivity index (χ1) is 12.3. The van der Waals surface area contributed by atoms with E-state index in [9.17, 15) is 9.59 Å². The van der Waals surface area contributed by atoms with Gasteiger partial charge in [0.2, 0.25) is 5.96 Å². The largest absolute Gasteiger partial charge is 0.495 e. The van der Waals surface area contributed by atoms with Crippen LogP contribution in [0.15, 0.2) is 34.6 Å². The van der Waals surface area contributed by atoms with Crippen molar-refractivity contribution in [3.05, 3.63) is 34.6 Å². The molecule has 0 radical (unpaired) electrons. The molecule has 26 heavy (non-hydrogen) atoms. The van der Waals surface area contributed by atoms with Crippen LogP contribution in [0.4, 0.5) is 10.5 Å². The Morgan fingerprint density at radius 2 is 1.96 bits per heavy atom. The number of aliphatic imine (C=N–C) groups is 1. The van der Waals surface area contributed by atoms with Gasteiger partial charge in [0.05, 0.1) is 17.8 Å². The Bertz CT molecular complexity index is 896. The number of rotatable bonds is 2. The second-order valence-electron chi connectivity index (χ2n) is 6.39. The second kappa shape index (κ2) is 5.63. The van der Waals surface area contributed by atoms with Crippen molar-refractivity contribution < 1.29 is 14.3 Å². The van der Waals surface area contributed by atoms with Gasteiger partial charge in [0, 0.05) is 18.4 Å². The molecule has 2 atom stereocenters. The number of halogens is 1. The van der Waals surface area contributed by atoms with Gasteiger partial charge < -0.3 is 9.64 Å². The number of carbonyl (C=O) groups is 2. The number of fused-ring (bicyclic) bond motifs is 3. The number of benzene rings is 1. The lowest BCUT2D eigenvalue weighted by Crippen LogP contribution is -2.63. The maximum Gasteiger partial charge on any atom is 0.325 e. The summed E-state index contributed by atoms with van der Waals surface area (Å²) in [7, 11) is 3.19. The number of ether oxygens (including phenoxy) is 1. The molecule has 0 aliphatic carbocycles. The summed E-state index contributed by atoms with van der Waals surface area (Å²) in [6, 6.07) is 4.43. The minimum atomic E-state index is -0.582. The van der Waals surface area contributed by atoms with Gasteiger partial charge in [-0.1, -0.05) is 11.6 Å². The first-order valence-corrected chi connectivity index (χ1v) is 8.48. The number of carbonyl (C=O) groups excluding carboxylic acids is 2. The number of nitrogens with one attached hydrogen (secondary N) is 1. The summed E-state index contributed by atoms with van der Waals surface area (Å²) in [6.45, 7) is 3.89. The molecule has 8 nitrogen and oxygen atoms in total. The smallest absolute Gasteiger partial charge is 0.325 e. The van der Waals surface area contributed by atoms with Gasteiger partial charge >= 0.3 is 6.03 Å². The minimum Gasteiger partial charge on any atom is -0.495 e. The Labute approximate surface area is 155 Å². The molecule has 1 aromatic carbocycles. The molecule has 3 aliphatic heterocycles. The van der Waals surface area contributed by atoms with E-state index in [1.807, 2.05) is 29.7 Å². The molecule has 9 heteroatoms. The van der Waals surface area contributed by atoms with Crippen LogP contribution in [0.2, 0.25) is 5.02 Å². The highest BCUT2D eigenvalue weighted by Crippen LogP contribution is 2.40. The lowest BCUT2D eigenvalue weighted by atomic mass is 10.1. The fourth-order valence-electron chi connectivity index (χ4n) is 3.56. The zero-order valence-corrected chi connectivity index (χ0v) is 15.5. The zero-order valence-electron chi connectivity index (χ0n) is 14.8. The average Bonchev–Trinajstić information content (AvgIpc) is 3.09. The number of methoxy groups -OCH3 is 1. The molecule has 3 aliphatic rings. The molecule has 1 aromatic rings. The van der Waals surface area contributed by atoms with Crippen LogP contribution < -0.4 is 15.0 Å². The van der Waals surface area contributed by atoms with E-state index in [-0.39, 0.29) is 5.91 Å². The van der Waals surface area contributed by atoms with Gasteiger partial charge in [-0.05, 0) is 32.0 Å². The SMILES string of the molecule is COc1ccc(N2C3=NC4C(C(=O)NC(=O)N4C)N3C(C)=C2C)cc1Cl. The molecule has 2 unspecified atom stereocenters. The van der Waals surface area contributed by atoms with E-state index in [4.69, 9.17) is 16.3 Å². The molecule has 0 saturated carbocycles. The molecule has 1 fully saturated rings. The number of amides is 3. The molecule has 0 aromatic heterocycles. The average molecular weight is 376 g/mol. The van der Waals surface area contributed by atoms with Gasteiger partial charge in [0.25, 0.3) is 5.91 Å².